The molecule has 0 unspecified atom stereocenters. The van der Waals surface area contributed by atoms with Crippen LogP contribution in [0.15, 0.2) is 117 Å². The van der Waals surface area contributed by atoms with Gasteiger partial charge in [0.1, 0.15) is 11.6 Å². The zero-order chi connectivity index (χ0) is 20.6. The van der Waals surface area contributed by atoms with E-state index in [0.717, 1.165) is 18.1 Å². The molecule has 0 aliphatic heterocycles. The van der Waals surface area contributed by atoms with E-state index in [9.17, 15) is 0 Å². The number of methoxy groups -OCH3 is 1. The molecule has 0 bridgehead atoms. The van der Waals surface area contributed by atoms with Crippen molar-refractivity contribution in [2.45, 2.75) is 26.1 Å². The second kappa shape index (κ2) is 10.2. The average Bonchev–Trinajstić information content (AvgIpc) is 2.81. The van der Waals surface area contributed by atoms with Crippen LogP contribution in [-0.2, 0) is 6.54 Å². The molecule has 150 valence electrons. The van der Waals surface area contributed by atoms with Gasteiger partial charge in [0.05, 0.1) is 7.11 Å². The third kappa shape index (κ3) is 5.59. The van der Waals surface area contributed by atoms with Crippen molar-refractivity contribution in [3.8, 4) is 5.75 Å². The number of aromatic nitrogens is 1. The Kier molecular flexibility index (Phi) is 6.95. The maximum absolute atomic E-state index is 5.44. The van der Waals surface area contributed by atoms with Crippen molar-refractivity contribution in [2.75, 3.05) is 12.4 Å². The lowest BCUT2D eigenvalue weighted by Crippen LogP contribution is -2.00. The van der Waals surface area contributed by atoms with E-state index in [0.29, 0.717) is 0 Å². The molecule has 3 aromatic carbocycles. The summed E-state index contributed by atoms with van der Waals surface area (Å²) in [6.07, 6.45) is 1.79. The maximum Gasteiger partial charge on any atom is 0.126 e. The molecule has 0 fully saturated rings. The fourth-order valence-corrected chi connectivity index (χ4v) is 4.82. The summed E-state index contributed by atoms with van der Waals surface area (Å²) in [4.78, 5) is 9.11. The van der Waals surface area contributed by atoms with E-state index in [2.05, 4.69) is 71.0 Å². The standard InChI is InChI=1S/C25H22N2OS2/c1-28-20-12-15-23(24(17-20)30-21-7-3-2-4-8-21)29-22-13-10-19(11-14-22)18-27-25-9-5-6-16-26-25/h2-17H,18H2,1H3,(H,26,27). The molecular formula is C25H22N2OS2. The number of hydrogen-bond donors (Lipinski definition) is 1. The molecule has 4 aromatic rings. The number of benzene rings is 3. The van der Waals surface area contributed by atoms with Crippen LogP contribution in [0.2, 0.25) is 0 Å². The zero-order valence-electron chi connectivity index (χ0n) is 16.6. The lowest BCUT2D eigenvalue weighted by Gasteiger charge is -2.12. The van der Waals surface area contributed by atoms with E-state index in [1.54, 1.807) is 36.8 Å². The van der Waals surface area contributed by atoms with Gasteiger partial charge >= 0.3 is 0 Å². The molecule has 0 saturated heterocycles. The van der Waals surface area contributed by atoms with Crippen molar-refractivity contribution < 1.29 is 4.74 Å². The smallest absolute Gasteiger partial charge is 0.126 e. The number of ether oxygens (including phenoxy) is 1. The van der Waals surface area contributed by atoms with Crippen LogP contribution in [0.4, 0.5) is 5.82 Å². The average molecular weight is 431 g/mol. The Balaban J connectivity index is 1.46. The van der Waals surface area contributed by atoms with E-state index in [4.69, 9.17) is 4.74 Å². The number of nitrogens with one attached hydrogen (secondary N) is 1. The van der Waals surface area contributed by atoms with Crippen molar-refractivity contribution in [3.63, 3.8) is 0 Å². The van der Waals surface area contributed by atoms with Crippen LogP contribution in [0.5, 0.6) is 5.75 Å². The molecule has 1 aromatic heterocycles. The minimum atomic E-state index is 0.750. The van der Waals surface area contributed by atoms with Crippen LogP contribution >= 0.6 is 23.5 Å². The van der Waals surface area contributed by atoms with Gasteiger partial charge in [-0.15, -0.1) is 0 Å². The molecular weight excluding hydrogens is 408 g/mol. The molecule has 0 saturated carbocycles. The Labute approximate surface area is 185 Å². The fourth-order valence-electron chi connectivity index (χ4n) is 2.86. The monoisotopic (exact) mass is 430 g/mol. The van der Waals surface area contributed by atoms with Gasteiger partial charge in [-0.2, -0.15) is 0 Å². The first-order valence-corrected chi connectivity index (χ1v) is 11.3. The van der Waals surface area contributed by atoms with Gasteiger partial charge in [0.15, 0.2) is 0 Å². The quantitative estimate of drug-likeness (QED) is 0.325. The Morgan fingerprint density at radius 1 is 0.767 bits per heavy atom. The van der Waals surface area contributed by atoms with E-state index < -0.39 is 0 Å². The van der Waals surface area contributed by atoms with E-state index in [-0.39, 0.29) is 0 Å². The molecule has 0 aliphatic carbocycles. The topological polar surface area (TPSA) is 34.1 Å². The first-order valence-electron chi connectivity index (χ1n) is 9.63. The largest absolute Gasteiger partial charge is 0.497 e. The van der Waals surface area contributed by atoms with E-state index >= 15 is 0 Å². The first-order chi connectivity index (χ1) is 14.8. The summed E-state index contributed by atoms with van der Waals surface area (Å²) in [5, 5.41) is 3.34. The highest BCUT2D eigenvalue weighted by Gasteiger charge is 2.09. The normalized spacial score (nSPS) is 10.6. The highest BCUT2D eigenvalue weighted by atomic mass is 32.2. The third-order valence-corrected chi connectivity index (χ3v) is 6.69. The Morgan fingerprint density at radius 3 is 2.23 bits per heavy atom. The van der Waals surface area contributed by atoms with E-state index in [1.807, 2.05) is 30.3 Å². The van der Waals surface area contributed by atoms with Crippen LogP contribution in [0, 0.1) is 0 Å². The number of anilines is 1. The van der Waals surface area contributed by atoms with Gasteiger partial charge in [-0.3, -0.25) is 0 Å². The molecule has 1 N–H and O–H groups in total. The van der Waals surface area contributed by atoms with Gasteiger partial charge < -0.3 is 10.1 Å². The molecule has 0 spiro atoms. The van der Waals surface area contributed by atoms with Crippen molar-refractivity contribution >= 4 is 29.3 Å². The molecule has 4 rings (SSSR count). The summed E-state index contributed by atoms with van der Waals surface area (Å²) in [5.74, 6) is 1.76. The predicted octanol–water partition coefficient (Wildman–Crippen LogP) is 7.00. The summed E-state index contributed by atoms with van der Waals surface area (Å²) in [6, 6.07) is 31.2. The van der Waals surface area contributed by atoms with Crippen molar-refractivity contribution in [1.82, 2.24) is 4.98 Å². The van der Waals surface area contributed by atoms with Gasteiger partial charge in [0, 0.05) is 32.3 Å². The van der Waals surface area contributed by atoms with Crippen LogP contribution in [-0.4, -0.2) is 12.1 Å². The minimum absolute atomic E-state index is 0.750. The Morgan fingerprint density at radius 2 is 1.50 bits per heavy atom. The van der Waals surface area contributed by atoms with Crippen LogP contribution in [0.25, 0.3) is 0 Å². The summed E-state index contributed by atoms with van der Waals surface area (Å²) in [5.41, 5.74) is 1.22. The first kappa shape index (κ1) is 20.4. The van der Waals surface area contributed by atoms with Crippen LogP contribution in [0.1, 0.15) is 5.56 Å². The Hall–Kier alpha value is -2.89. The van der Waals surface area contributed by atoms with Crippen LogP contribution in [0.3, 0.4) is 0 Å². The second-order valence-corrected chi connectivity index (χ2v) is 8.77. The molecule has 0 aliphatic rings. The summed E-state index contributed by atoms with van der Waals surface area (Å²) in [6.45, 7) is 0.750. The zero-order valence-corrected chi connectivity index (χ0v) is 18.2. The number of rotatable bonds is 8. The molecule has 1 heterocycles. The third-order valence-electron chi connectivity index (χ3n) is 4.41. The molecule has 0 atom stereocenters. The summed E-state index contributed by atoms with van der Waals surface area (Å²) >= 11 is 3.52. The highest BCUT2D eigenvalue weighted by Crippen LogP contribution is 2.40. The number of hydrogen-bond acceptors (Lipinski definition) is 5. The van der Waals surface area contributed by atoms with Gasteiger partial charge in [0.2, 0.25) is 0 Å². The van der Waals surface area contributed by atoms with Gasteiger partial charge in [-0.05, 0) is 60.2 Å². The second-order valence-electron chi connectivity index (χ2n) is 6.54. The van der Waals surface area contributed by atoms with Crippen LogP contribution < -0.4 is 10.1 Å². The molecule has 3 nitrogen and oxygen atoms in total. The maximum atomic E-state index is 5.44. The molecule has 30 heavy (non-hydrogen) atoms. The van der Waals surface area contributed by atoms with E-state index in [1.165, 1.54) is 25.1 Å². The Bertz CT molecular complexity index is 1070. The highest BCUT2D eigenvalue weighted by molar-refractivity contribution is 8.02. The minimum Gasteiger partial charge on any atom is -0.497 e. The van der Waals surface area contributed by atoms with Crippen molar-refractivity contribution in [3.05, 3.63) is 103 Å². The summed E-state index contributed by atoms with van der Waals surface area (Å²) in [7, 11) is 1.71. The van der Waals surface area contributed by atoms with Crippen molar-refractivity contribution in [1.29, 1.82) is 0 Å². The summed E-state index contributed by atoms with van der Waals surface area (Å²) < 4.78 is 5.44. The fraction of sp³-hybridized carbons (Fsp3) is 0.0800. The van der Waals surface area contributed by atoms with Gasteiger partial charge in [0.25, 0.3) is 0 Å². The SMILES string of the molecule is COc1ccc(Sc2ccc(CNc3ccccn3)cc2)c(Sc2ccccc2)c1. The lowest BCUT2D eigenvalue weighted by molar-refractivity contribution is 0.413. The predicted molar refractivity (Wildman–Crippen MR) is 126 cm³/mol. The number of nitrogens with zero attached hydrogens (tertiary/aromatic N) is 1. The van der Waals surface area contributed by atoms with Gasteiger partial charge in [-0.1, -0.05) is 59.9 Å². The van der Waals surface area contributed by atoms with Gasteiger partial charge in [-0.25, -0.2) is 4.98 Å². The molecule has 5 heteroatoms. The number of pyridine rings is 1. The van der Waals surface area contributed by atoms with Crippen molar-refractivity contribution in [2.24, 2.45) is 0 Å². The molecule has 0 amide bonds. The lowest BCUT2D eigenvalue weighted by atomic mass is 10.2. The molecule has 0 radical (unpaired) electrons.